The molecule has 2 heterocycles. The highest BCUT2D eigenvalue weighted by Crippen LogP contribution is 2.23. The van der Waals surface area contributed by atoms with Crippen molar-refractivity contribution >= 4 is 28.7 Å². The summed E-state index contributed by atoms with van der Waals surface area (Å²) in [6.07, 6.45) is 3.34. The Bertz CT molecular complexity index is 475. The zero-order valence-corrected chi connectivity index (χ0v) is 8.97. The Labute approximate surface area is 90.0 Å². The van der Waals surface area contributed by atoms with Crippen molar-refractivity contribution < 1.29 is 4.79 Å². The van der Waals surface area contributed by atoms with Crippen LogP contribution in [0.3, 0.4) is 0 Å². The molecule has 0 aliphatic carbocycles. The maximum atomic E-state index is 11.8. The molecule has 2 rings (SSSR count). The van der Waals surface area contributed by atoms with Crippen LogP contribution >= 0.6 is 22.9 Å². The zero-order chi connectivity index (χ0) is 10.1. The molecule has 0 aliphatic heterocycles. The van der Waals surface area contributed by atoms with Gasteiger partial charge in [0, 0.05) is 19.4 Å². The number of thiophene rings is 1. The van der Waals surface area contributed by atoms with Crippen LogP contribution in [0.2, 0.25) is 4.34 Å². The van der Waals surface area contributed by atoms with Crippen molar-refractivity contribution in [2.45, 2.75) is 0 Å². The minimum atomic E-state index is -0.0885. The first-order valence-electron chi connectivity index (χ1n) is 3.96. The minimum Gasteiger partial charge on any atom is -0.331 e. The van der Waals surface area contributed by atoms with E-state index in [9.17, 15) is 4.79 Å². The summed E-state index contributed by atoms with van der Waals surface area (Å²) in [6.45, 7) is 0. The smallest absolute Gasteiger partial charge is 0.238 e. The number of hydrogen-bond donors (Lipinski definition) is 0. The molecule has 2 aromatic heterocycles. The number of halogens is 1. The average molecular weight is 227 g/mol. The molecule has 72 valence electrons. The fraction of sp³-hybridized carbons (Fsp3) is 0.111. The second-order valence-corrected chi connectivity index (χ2v) is 4.51. The van der Waals surface area contributed by atoms with Gasteiger partial charge in [0.05, 0.1) is 9.21 Å². The van der Waals surface area contributed by atoms with Gasteiger partial charge in [0.25, 0.3) is 0 Å². The molecule has 0 aliphatic rings. The van der Waals surface area contributed by atoms with E-state index >= 15 is 0 Å². The Morgan fingerprint density at radius 1 is 1.57 bits per heavy atom. The third kappa shape index (κ3) is 1.58. The van der Waals surface area contributed by atoms with Gasteiger partial charge in [-0.1, -0.05) is 11.6 Å². The standard InChI is InChI=1S/C9H7ClN2OS/c1-12-5-4-11-9(12)8(13)6-2-3-7(10)14-6/h2-5H,1H3. The van der Waals surface area contributed by atoms with Crippen molar-refractivity contribution in [1.82, 2.24) is 9.55 Å². The predicted octanol–water partition coefficient (Wildman–Crippen LogP) is 2.37. The molecule has 0 fully saturated rings. The largest absolute Gasteiger partial charge is 0.331 e. The van der Waals surface area contributed by atoms with Gasteiger partial charge < -0.3 is 4.57 Å². The Kier molecular flexibility index (Phi) is 2.39. The van der Waals surface area contributed by atoms with E-state index < -0.39 is 0 Å². The first-order valence-corrected chi connectivity index (χ1v) is 5.15. The molecular formula is C9H7ClN2OS. The van der Waals surface area contributed by atoms with Crippen LogP contribution in [-0.2, 0) is 7.05 Å². The normalized spacial score (nSPS) is 10.4. The Hall–Kier alpha value is -1.13. The molecule has 0 N–H and O–H groups in total. The summed E-state index contributed by atoms with van der Waals surface area (Å²) >= 11 is 7.01. The number of carbonyl (C=O) groups is 1. The Balaban J connectivity index is 2.38. The van der Waals surface area contributed by atoms with Gasteiger partial charge in [0.15, 0.2) is 5.82 Å². The summed E-state index contributed by atoms with van der Waals surface area (Å²) in [5, 5.41) is 0. The van der Waals surface area contributed by atoms with Gasteiger partial charge in [-0.15, -0.1) is 11.3 Å². The lowest BCUT2D eigenvalue weighted by atomic mass is 10.3. The summed E-state index contributed by atoms with van der Waals surface area (Å²) < 4.78 is 2.30. The molecule has 3 nitrogen and oxygen atoms in total. The van der Waals surface area contributed by atoms with Crippen LogP contribution in [0.5, 0.6) is 0 Å². The molecule has 0 bridgehead atoms. The van der Waals surface area contributed by atoms with E-state index in [1.54, 1.807) is 36.1 Å². The summed E-state index contributed by atoms with van der Waals surface area (Å²) in [6, 6.07) is 3.42. The quantitative estimate of drug-likeness (QED) is 0.737. The lowest BCUT2D eigenvalue weighted by molar-refractivity contribution is 0.103. The SMILES string of the molecule is Cn1ccnc1C(=O)c1ccc(Cl)s1. The van der Waals surface area contributed by atoms with Crippen LogP contribution in [-0.4, -0.2) is 15.3 Å². The van der Waals surface area contributed by atoms with Crippen LogP contribution in [0.1, 0.15) is 15.5 Å². The minimum absolute atomic E-state index is 0.0885. The van der Waals surface area contributed by atoms with E-state index in [1.165, 1.54) is 11.3 Å². The van der Waals surface area contributed by atoms with Crippen LogP contribution in [0.15, 0.2) is 24.5 Å². The van der Waals surface area contributed by atoms with E-state index in [0.717, 1.165) is 0 Å². The molecule has 0 unspecified atom stereocenters. The maximum Gasteiger partial charge on any atom is 0.238 e. The van der Waals surface area contributed by atoms with Crippen molar-refractivity contribution in [2.24, 2.45) is 7.05 Å². The van der Waals surface area contributed by atoms with E-state index in [-0.39, 0.29) is 5.78 Å². The summed E-state index contributed by atoms with van der Waals surface area (Å²) in [5.74, 6) is 0.345. The second kappa shape index (κ2) is 3.55. The zero-order valence-electron chi connectivity index (χ0n) is 7.40. The number of rotatable bonds is 2. The van der Waals surface area contributed by atoms with Gasteiger partial charge >= 0.3 is 0 Å². The number of nitrogens with zero attached hydrogens (tertiary/aromatic N) is 2. The molecule has 14 heavy (non-hydrogen) atoms. The highest BCUT2D eigenvalue weighted by atomic mass is 35.5. The molecule has 0 saturated carbocycles. The molecule has 0 saturated heterocycles. The molecule has 0 radical (unpaired) electrons. The summed E-state index contributed by atoms with van der Waals surface area (Å²) in [4.78, 5) is 16.4. The van der Waals surface area contributed by atoms with Crippen LogP contribution in [0.4, 0.5) is 0 Å². The topological polar surface area (TPSA) is 34.9 Å². The summed E-state index contributed by atoms with van der Waals surface area (Å²) in [5.41, 5.74) is 0. The number of carbonyl (C=O) groups excluding carboxylic acids is 1. The molecule has 5 heteroatoms. The van der Waals surface area contributed by atoms with E-state index in [2.05, 4.69) is 4.98 Å². The third-order valence-corrected chi connectivity index (χ3v) is 3.05. The maximum absolute atomic E-state index is 11.8. The second-order valence-electron chi connectivity index (χ2n) is 2.79. The van der Waals surface area contributed by atoms with Crippen LogP contribution < -0.4 is 0 Å². The number of hydrogen-bond acceptors (Lipinski definition) is 3. The Morgan fingerprint density at radius 2 is 2.36 bits per heavy atom. The van der Waals surface area contributed by atoms with Crippen molar-refractivity contribution in [1.29, 1.82) is 0 Å². The highest BCUT2D eigenvalue weighted by molar-refractivity contribution is 7.18. The molecule has 0 atom stereocenters. The van der Waals surface area contributed by atoms with E-state index in [1.807, 2.05) is 0 Å². The lowest BCUT2D eigenvalue weighted by Gasteiger charge is -1.96. The van der Waals surface area contributed by atoms with Gasteiger partial charge in [0.2, 0.25) is 5.78 Å². The fourth-order valence-electron chi connectivity index (χ4n) is 1.13. The van der Waals surface area contributed by atoms with Gasteiger partial charge in [-0.2, -0.15) is 0 Å². The number of imidazole rings is 1. The molecule has 0 amide bonds. The average Bonchev–Trinajstić information content (AvgIpc) is 2.73. The number of ketones is 1. The monoisotopic (exact) mass is 226 g/mol. The van der Waals surface area contributed by atoms with Gasteiger partial charge in [0.1, 0.15) is 0 Å². The van der Waals surface area contributed by atoms with E-state index in [0.29, 0.717) is 15.0 Å². The van der Waals surface area contributed by atoms with Crippen molar-refractivity contribution in [3.05, 3.63) is 39.6 Å². The third-order valence-electron chi connectivity index (χ3n) is 1.82. The van der Waals surface area contributed by atoms with Gasteiger partial charge in [-0.25, -0.2) is 4.98 Å². The van der Waals surface area contributed by atoms with E-state index in [4.69, 9.17) is 11.6 Å². The predicted molar refractivity (Wildman–Crippen MR) is 56.0 cm³/mol. The fourth-order valence-corrected chi connectivity index (χ4v) is 2.11. The number of aryl methyl sites for hydroxylation is 1. The van der Waals surface area contributed by atoms with Crippen LogP contribution in [0, 0.1) is 0 Å². The molecule has 0 aromatic carbocycles. The molecule has 0 spiro atoms. The lowest BCUT2D eigenvalue weighted by Crippen LogP contribution is -2.06. The molecule has 2 aromatic rings. The van der Waals surface area contributed by atoms with Crippen molar-refractivity contribution in [3.63, 3.8) is 0 Å². The first-order chi connectivity index (χ1) is 6.68. The number of aromatic nitrogens is 2. The van der Waals surface area contributed by atoms with Crippen molar-refractivity contribution in [2.75, 3.05) is 0 Å². The van der Waals surface area contributed by atoms with Gasteiger partial charge in [-0.05, 0) is 12.1 Å². The molecular weight excluding hydrogens is 220 g/mol. The van der Waals surface area contributed by atoms with Crippen molar-refractivity contribution in [3.8, 4) is 0 Å². The van der Waals surface area contributed by atoms with Crippen LogP contribution in [0.25, 0.3) is 0 Å². The highest BCUT2D eigenvalue weighted by Gasteiger charge is 2.15. The summed E-state index contributed by atoms with van der Waals surface area (Å²) in [7, 11) is 1.79. The Morgan fingerprint density at radius 3 is 2.86 bits per heavy atom. The first kappa shape index (κ1) is 9.43. The van der Waals surface area contributed by atoms with Gasteiger partial charge in [-0.3, -0.25) is 4.79 Å².